The highest BCUT2D eigenvalue weighted by Crippen LogP contribution is 2.17. The Balaban J connectivity index is 1.46. The van der Waals surface area contributed by atoms with Gasteiger partial charge in [0.2, 0.25) is 0 Å². The third-order valence-electron chi connectivity index (χ3n) is 4.43. The number of hydrogen-bond donors (Lipinski definition) is 0. The van der Waals surface area contributed by atoms with Crippen LogP contribution >= 0.6 is 0 Å². The number of furan rings is 1. The fourth-order valence-corrected chi connectivity index (χ4v) is 3.24. The second kappa shape index (κ2) is 7.21. The molecule has 0 aliphatic carbocycles. The van der Waals surface area contributed by atoms with Crippen molar-refractivity contribution in [1.29, 1.82) is 0 Å². The Labute approximate surface area is 147 Å². The molecular weight excluding hydrogens is 316 g/mol. The second-order valence-electron chi connectivity index (χ2n) is 6.51. The van der Waals surface area contributed by atoms with Crippen LogP contribution in [0.3, 0.4) is 0 Å². The lowest BCUT2D eigenvalue weighted by molar-refractivity contribution is 0.00570. The molecule has 4 rings (SSSR count). The van der Waals surface area contributed by atoms with E-state index in [1.165, 1.54) is 11.3 Å². The molecular formula is C19H22N4O2. The van der Waals surface area contributed by atoms with E-state index in [9.17, 15) is 0 Å². The highest BCUT2D eigenvalue weighted by atomic mass is 16.5. The van der Waals surface area contributed by atoms with Crippen LogP contribution in [0, 0.1) is 6.92 Å². The van der Waals surface area contributed by atoms with E-state index in [1.54, 1.807) is 12.5 Å². The van der Waals surface area contributed by atoms with Gasteiger partial charge in [-0.1, -0.05) is 6.07 Å². The minimum absolute atomic E-state index is 0.0652. The van der Waals surface area contributed by atoms with Gasteiger partial charge in [0.1, 0.15) is 0 Å². The molecule has 0 N–H and O–H groups in total. The maximum absolute atomic E-state index is 6.19. The highest BCUT2D eigenvalue weighted by Gasteiger charge is 2.23. The Morgan fingerprint density at radius 3 is 3.04 bits per heavy atom. The van der Waals surface area contributed by atoms with Crippen molar-refractivity contribution in [2.45, 2.75) is 39.3 Å². The standard InChI is InChI=1S/C19H22N4O2/c1-15-3-2-4-17(21-15)14-25-19-11-22(9-16-6-8-24-13-16)10-18-5-7-20-23(18)12-19/h2-8,13,19H,9-12,14H2,1H3/t19-/m1/s1. The van der Waals surface area contributed by atoms with Gasteiger partial charge in [-0.3, -0.25) is 14.6 Å². The average molecular weight is 338 g/mol. The first kappa shape index (κ1) is 16.1. The smallest absolute Gasteiger partial charge is 0.0947 e. The van der Waals surface area contributed by atoms with Gasteiger partial charge in [0.15, 0.2) is 0 Å². The molecule has 1 aliphatic heterocycles. The number of fused-ring (bicyclic) bond motifs is 1. The Bertz CT molecular complexity index is 812. The summed E-state index contributed by atoms with van der Waals surface area (Å²) in [5.41, 5.74) is 4.36. The van der Waals surface area contributed by atoms with Gasteiger partial charge in [-0.2, -0.15) is 5.10 Å². The van der Waals surface area contributed by atoms with Crippen molar-refractivity contribution < 1.29 is 9.15 Å². The van der Waals surface area contributed by atoms with Crippen molar-refractivity contribution in [1.82, 2.24) is 19.7 Å². The zero-order valence-electron chi connectivity index (χ0n) is 14.3. The summed E-state index contributed by atoms with van der Waals surface area (Å²) in [6.07, 6.45) is 5.44. The van der Waals surface area contributed by atoms with Crippen molar-refractivity contribution in [3.8, 4) is 0 Å². The lowest BCUT2D eigenvalue weighted by atomic mass is 10.2. The molecule has 6 heteroatoms. The quantitative estimate of drug-likeness (QED) is 0.716. The predicted octanol–water partition coefficient (Wildman–Crippen LogP) is 2.78. The van der Waals surface area contributed by atoms with E-state index in [4.69, 9.17) is 9.15 Å². The number of aromatic nitrogens is 3. The third kappa shape index (κ3) is 3.97. The molecule has 0 radical (unpaired) electrons. The largest absolute Gasteiger partial charge is 0.472 e. The van der Waals surface area contributed by atoms with Crippen LogP contribution in [0.4, 0.5) is 0 Å². The van der Waals surface area contributed by atoms with Crippen LogP contribution in [0.1, 0.15) is 22.6 Å². The van der Waals surface area contributed by atoms with E-state index in [2.05, 4.69) is 21.0 Å². The molecule has 130 valence electrons. The molecule has 0 aromatic carbocycles. The van der Waals surface area contributed by atoms with Crippen LogP contribution in [0.15, 0.2) is 53.5 Å². The molecule has 3 aromatic rings. The first-order valence-corrected chi connectivity index (χ1v) is 8.54. The van der Waals surface area contributed by atoms with Crippen LogP contribution in [0.25, 0.3) is 0 Å². The van der Waals surface area contributed by atoms with Crippen LogP contribution in [-0.2, 0) is 31.0 Å². The van der Waals surface area contributed by atoms with Gasteiger partial charge in [-0.25, -0.2) is 0 Å². The molecule has 0 saturated heterocycles. The summed E-state index contributed by atoms with van der Waals surface area (Å²) in [5, 5.41) is 4.44. The SMILES string of the molecule is Cc1cccc(CO[C@@H]2CN(Cc3ccoc3)Cc3ccnn3C2)n1. The summed E-state index contributed by atoms with van der Waals surface area (Å²) in [6, 6.07) is 10.1. The Kier molecular flexibility index (Phi) is 4.63. The summed E-state index contributed by atoms with van der Waals surface area (Å²) in [4.78, 5) is 6.90. The van der Waals surface area contributed by atoms with Gasteiger partial charge in [0, 0.05) is 37.1 Å². The fourth-order valence-electron chi connectivity index (χ4n) is 3.24. The predicted molar refractivity (Wildman–Crippen MR) is 92.6 cm³/mol. The molecule has 0 amide bonds. The summed E-state index contributed by atoms with van der Waals surface area (Å²) in [6.45, 7) is 5.81. The van der Waals surface area contributed by atoms with E-state index in [0.29, 0.717) is 6.61 Å². The third-order valence-corrected chi connectivity index (χ3v) is 4.43. The maximum Gasteiger partial charge on any atom is 0.0947 e. The van der Waals surface area contributed by atoms with E-state index in [0.717, 1.165) is 37.6 Å². The summed E-state index contributed by atoms with van der Waals surface area (Å²) < 4.78 is 13.4. The fraction of sp³-hybridized carbons (Fsp3) is 0.368. The van der Waals surface area contributed by atoms with Gasteiger partial charge in [0.05, 0.1) is 43.2 Å². The zero-order chi connectivity index (χ0) is 17.1. The van der Waals surface area contributed by atoms with Crippen molar-refractivity contribution in [3.05, 3.63) is 71.7 Å². The molecule has 6 nitrogen and oxygen atoms in total. The summed E-state index contributed by atoms with van der Waals surface area (Å²) in [7, 11) is 0. The molecule has 0 saturated carbocycles. The molecule has 3 aromatic heterocycles. The van der Waals surface area contributed by atoms with Crippen molar-refractivity contribution in [2.24, 2.45) is 0 Å². The number of rotatable bonds is 5. The number of nitrogens with zero attached hydrogens (tertiary/aromatic N) is 4. The van der Waals surface area contributed by atoms with Crippen LogP contribution in [0.5, 0.6) is 0 Å². The van der Waals surface area contributed by atoms with E-state index >= 15 is 0 Å². The lowest BCUT2D eigenvalue weighted by Crippen LogP contribution is -2.32. The molecule has 1 atom stereocenters. The second-order valence-corrected chi connectivity index (χ2v) is 6.51. The van der Waals surface area contributed by atoms with Gasteiger partial charge >= 0.3 is 0 Å². The lowest BCUT2D eigenvalue weighted by Gasteiger charge is -2.23. The van der Waals surface area contributed by atoms with E-state index in [1.807, 2.05) is 42.1 Å². The van der Waals surface area contributed by atoms with Crippen LogP contribution < -0.4 is 0 Å². The molecule has 0 fully saturated rings. The normalized spacial score (nSPS) is 18.0. The molecule has 0 unspecified atom stereocenters. The van der Waals surface area contributed by atoms with E-state index in [-0.39, 0.29) is 6.10 Å². The maximum atomic E-state index is 6.19. The van der Waals surface area contributed by atoms with E-state index < -0.39 is 0 Å². The number of aryl methyl sites for hydroxylation is 1. The monoisotopic (exact) mass is 338 g/mol. The van der Waals surface area contributed by atoms with Gasteiger partial charge in [-0.05, 0) is 31.2 Å². The Morgan fingerprint density at radius 2 is 2.20 bits per heavy atom. The number of pyridine rings is 1. The Hall–Kier alpha value is -2.44. The minimum Gasteiger partial charge on any atom is -0.472 e. The first-order chi connectivity index (χ1) is 12.3. The number of ether oxygens (including phenoxy) is 1. The molecule has 4 heterocycles. The summed E-state index contributed by atoms with van der Waals surface area (Å²) >= 11 is 0. The molecule has 25 heavy (non-hydrogen) atoms. The van der Waals surface area contributed by atoms with Gasteiger partial charge < -0.3 is 9.15 Å². The Morgan fingerprint density at radius 1 is 1.24 bits per heavy atom. The molecule has 0 spiro atoms. The topological polar surface area (TPSA) is 56.3 Å². The van der Waals surface area contributed by atoms with Gasteiger partial charge in [0.25, 0.3) is 0 Å². The number of hydrogen-bond acceptors (Lipinski definition) is 5. The van der Waals surface area contributed by atoms with Crippen LogP contribution in [-0.4, -0.2) is 32.3 Å². The van der Waals surface area contributed by atoms with Crippen molar-refractivity contribution >= 4 is 0 Å². The first-order valence-electron chi connectivity index (χ1n) is 8.54. The van der Waals surface area contributed by atoms with Crippen molar-refractivity contribution in [2.75, 3.05) is 6.54 Å². The zero-order valence-corrected chi connectivity index (χ0v) is 14.3. The van der Waals surface area contributed by atoms with Crippen molar-refractivity contribution in [3.63, 3.8) is 0 Å². The molecule has 0 bridgehead atoms. The van der Waals surface area contributed by atoms with Crippen LogP contribution in [0.2, 0.25) is 0 Å². The molecule has 1 aliphatic rings. The summed E-state index contributed by atoms with van der Waals surface area (Å²) in [5.74, 6) is 0. The van der Waals surface area contributed by atoms with Gasteiger partial charge in [-0.15, -0.1) is 0 Å². The average Bonchev–Trinajstić information content (AvgIpc) is 3.22. The minimum atomic E-state index is 0.0652. The highest BCUT2D eigenvalue weighted by molar-refractivity contribution is 5.10.